The highest BCUT2D eigenvalue weighted by Crippen LogP contribution is 2.23. The van der Waals surface area contributed by atoms with E-state index < -0.39 is 0 Å². The molecule has 0 saturated heterocycles. The predicted octanol–water partition coefficient (Wildman–Crippen LogP) is 2.87. The summed E-state index contributed by atoms with van der Waals surface area (Å²) in [6, 6.07) is 6.14. The van der Waals surface area contributed by atoms with Crippen LogP contribution in [0.5, 0.6) is 0 Å². The van der Waals surface area contributed by atoms with E-state index in [0.29, 0.717) is 6.04 Å². The van der Waals surface area contributed by atoms with E-state index >= 15 is 0 Å². The zero-order valence-electron chi connectivity index (χ0n) is 15.9. The Kier molecular flexibility index (Phi) is 7.00. The van der Waals surface area contributed by atoms with Gasteiger partial charge in [0.2, 0.25) is 11.8 Å². The van der Waals surface area contributed by atoms with Crippen LogP contribution in [0.3, 0.4) is 0 Å². The second-order valence-corrected chi connectivity index (χ2v) is 7.49. The van der Waals surface area contributed by atoms with Gasteiger partial charge in [-0.05, 0) is 69.7 Å². The van der Waals surface area contributed by atoms with Crippen LogP contribution in [0.25, 0.3) is 0 Å². The molecule has 1 aliphatic carbocycles. The molecule has 5 heteroatoms. The fourth-order valence-electron chi connectivity index (χ4n) is 3.30. The lowest BCUT2D eigenvalue weighted by atomic mass is 9.87. The molecule has 0 bridgehead atoms. The lowest BCUT2D eigenvalue weighted by Crippen LogP contribution is -2.44. The van der Waals surface area contributed by atoms with Crippen molar-refractivity contribution < 1.29 is 9.59 Å². The first-order valence-corrected chi connectivity index (χ1v) is 9.19. The molecule has 2 rings (SSSR count). The van der Waals surface area contributed by atoms with Crippen LogP contribution in [0.4, 0.5) is 5.69 Å². The summed E-state index contributed by atoms with van der Waals surface area (Å²) in [6.45, 7) is 6.72. The Labute approximate surface area is 151 Å². The number of rotatable bonds is 6. The summed E-state index contributed by atoms with van der Waals surface area (Å²) in [4.78, 5) is 26.1. The van der Waals surface area contributed by atoms with Crippen molar-refractivity contribution in [1.82, 2.24) is 10.2 Å². The molecule has 25 heavy (non-hydrogen) atoms. The van der Waals surface area contributed by atoms with Crippen molar-refractivity contribution in [3.8, 4) is 0 Å². The third-order valence-corrected chi connectivity index (χ3v) is 5.09. The smallest absolute Gasteiger partial charge is 0.238 e. The maximum Gasteiger partial charge on any atom is 0.238 e. The summed E-state index contributed by atoms with van der Waals surface area (Å²) in [6.07, 6.45) is 4.48. The van der Waals surface area contributed by atoms with E-state index in [9.17, 15) is 9.59 Å². The number of nitrogens with one attached hydrogen (secondary N) is 2. The highest BCUT2D eigenvalue weighted by atomic mass is 16.2. The van der Waals surface area contributed by atoms with Crippen LogP contribution < -0.4 is 10.6 Å². The summed E-state index contributed by atoms with van der Waals surface area (Å²) >= 11 is 0. The average Bonchev–Trinajstić information content (AvgIpc) is 2.53. The molecule has 5 nitrogen and oxygen atoms in total. The van der Waals surface area contributed by atoms with Gasteiger partial charge in [0.05, 0.1) is 13.1 Å². The number of carbonyl (C=O) groups excluding carboxylic acids is 2. The van der Waals surface area contributed by atoms with E-state index in [1.807, 2.05) is 32.0 Å². The van der Waals surface area contributed by atoms with Gasteiger partial charge >= 0.3 is 0 Å². The fourth-order valence-corrected chi connectivity index (χ4v) is 3.30. The summed E-state index contributed by atoms with van der Waals surface area (Å²) in [5.74, 6) is 0.668. The van der Waals surface area contributed by atoms with E-state index in [1.54, 1.807) is 11.9 Å². The number of amides is 2. The number of hydrogen-bond donors (Lipinski definition) is 2. The third-order valence-electron chi connectivity index (χ3n) is 5.09. The standard InChI is InChI=1S/C20H31N3O2/c1-14-8-10-17(11-9-14)21-19(24)12-23(4)13-20(25)22-18-7-5-6-15(2)16(18)3/h5-7,14,17H,8-13H2,1-4H3,(H,21,24)(H,22,25). The Morgan fingerprint density at radius 1 is 1.08 bits per heavy atom. The van der Waals surface area contributed by atoms with Crippen LogP contribution in [-0.4, -0.2) is 42.9 Å². The third kappa shape index (κ3) is 6.16. The van der Waals surface area contributed by atoms with Crippen LogP contribution in [0.15, 0.2) is 18.2 Å². The molecule has 0 aromatic heterocycles. The summed E-state index contributed by atoms with van der Waals surface area (Å²) in [7, 11) is 1.80. The van der Waals surface area contributed by atoms with Crippen molar-refractivity contribution in [2.24, 2.45) is 5.92 Å². The summed E-state index contributed by atoms with van der Waals surface area (Å²) in [5, 5.41) is 6.03. The number of hydrogen-bond acceptors (Lipinski definition) is 3. The SMILES string of the molecule is Cc1cccc(NC(=O)CN(C)CC(=O)NC2CCC(C)CC2)c1C. The lowest BCUT2D eigenvalue weighted by Gasteiger charge is -2.27. The quantitative estimate of drug-likeness (QED) is 0.833. The molecule has 0 atom stereocenters. The van der Waals surface area contributed by atoms with Gasteiger partial charge in [-0.3, -0.25) is 14.5 Å². The zero-order valence-corrected chi connectivity index (χ0v) is 15.9. The van der Waals surface area contributed by atoms with Crippen molar-refractivity contribution >= 4 is 17.5 Å². The minimum absolute atomic E-state index is 0.00147. The maximum absolute atomic E-state index is 12.2. The monoisotopic (exact) mass is 345 g/mol. The molecule has 1 aliphatic rings. The number of anilines is 1. The van der Waals surface area contributed by atoms with Crippen molar-refractivity contribution in [3.63, 3.8) is 0 Å². The Morgan fingerprint density at radius 3 is 2.40 bits per heavy atom. The summed E-state index contributed by atoms with van der Waals surface area (Å²) in [5.41, 5.74) is 3.05. The Bertz CT molecular complexity index is 607. The molecule has 1 aromatic rings. The highest BCUT2D eigenvalue weighted by molar-refractivity contribution is 5.93. The number of likely N-dealkylation sites (N-methyl/N-ethyl adjacent to an activating group) is 1. The molecule has 0 spiro atoms. The van der Waals surface area contributed by atoms with Gasteiger partial charge in [0.15, 0.2) is 0 Å². The van der Waals surface area contributed by atoms with E-state index in [1.165, 1.54) is 12.8 Å². The first-order valence-electron chi connectivity index (χ1n) is 9.19. The van der Waals surface area contributed by atoms with E-state index in [0.717, 1.165) is 35.6 Å². The zero-order chi connectivity index (χ0) is 18.4. The maximum atomic E-state index is 12.2. The molecule has 2 N–H and O–H groups in total. The van der Waals surface area contributed by atoms with Gasteiger partial charge in [-0.1, -0.05) is 19.1 Å². The largest absolute Gasteiger partial charge is 0.352 e. The number of benzene rings is 1. The number of nitrogens with zero attached hydrogens (tertiary/aromatic N) is 1. The predicted molar refractivity (Wildman–Crippen MR) is 102 cm³/mol. The highest BCUT2D eigenvalue weighted by Gasteiger charge is 2.20. The normalized spacial score (nSPS) is 20.4. The van der Waals surface area contributed by atoms with Crippen molar-refractivity contribution in [3.05, 3.63) is 29.3 Å². The average molecular weight is 345 g/mol. The van der Waals surface area contributed by atoms with Gasteiger partial charge in [0.25, 0.3) is 0 Å². The number of aryl methyl sites for hydroxylation is 1. The molecule has 0 radical (unpaired) electrons. The Hall–Kier alpha value is -1.88. The minimum Gasteiger partial charge on any atom is -0.352 e. The first kappa shape index (κ1) is 19.4. The van der Waals surface area contributed by atoms with Crippen LogP contribution in [0.1, 0.15) is 43.7 Å². The van der Waals surface area contributed by atoms with E-state index in [2.05, 4.69) is 17.6 Å². The minimum atomic E-state index is -0.101. The molecule has 1 fully saturated rings. The van der Waals surface area contributed by atoms with Gasteiger partial charge in [0, 0.05) is 11.7 Å². The second kappa shape index (κ2) is 8.99. The van der Waals surface area contributed by atoms with Crippen LogP contribution in [-0.2, 0) is 9.59 Å². The molecular formula is C20H31N3O2. The molecular weight excluding hydrogens is 314 g/mol. The molecule has 0 heterocycles. The second-order valence-electron chi connectivity index (χ2n) is 7.49. The van der Waals surface area contributed by atoms with Crippen molar-refractivity contribution in [2.45, 2.75) is 52.5 Å². The van der Waals surface area contributed by atoms with E-state index in [-0.39, 0.29) is 24.9 Å². The van der Waals surface area contributed by atoms with E-state index in [4.69, 9.17) is 0 Å². The van der Waals surface area contributed by atoms with Crippen LogP contribution in [0, 0.1) is 19.8 Å². The molecule has 1 aromatic carbocycles. The topological polar surface area (TPSA) is 61.4 Å². The molecule has 0 unspecified atom stereocenters. The number of carbonyl (C=O) groups is 2. The van der Waals surface area contributed by atoms with Crippen molar-refractivity contribution in [2.75, 3.05) is 25.5 Å². The molecule has 0 aliphatic heterocycles. The van der Waals surface area contributed by atoms with Gasteiger partial charge in [-0.15, -0.1) is 0 Å². The molecule has 138 valence electrons. The summed E-state index contributed by atoms with van der Waals surface area (Å²) < 4.78 is 0. The Morgan fingerprint density at radius 2 is 1.72 bits per heavy atom. The molecule has 2 amide bonds. The van der Waals surface area contributed by atoms with Gasteiger partial charge in [0.1, 0.15) is 0 Å². The lowest BCUT2D eigenvalue weighted by molar-refractivity contribution is -0.123. The van der Waals surface area contributed by atoms with Crippen LogP contribution >= 0.6 is 0 Å². The van der Waals surface area contributed by atoms with Gasteiger partial charge in [-0.2, -0.15) is 0 Å². The Balaban J connectivity index is 1.75. The van der Waals surface area contributed by atoms with Gasteiger partial charge < -0.3 is 10.6 Å². The fraction of sp³-hybridized carbons (Fsp3) is 0.600. The first-order chi connectivity index (χ1) is 11.8. The molecule has 1 saturated carbocycles. The van der Waals surface area contributed by atoms with Gasteiger partial charge in [-0.25, -0.2) is 0 Å². The van der Waals surface area contributed by atoms with Crippen LogP contribution in [0.2, 0.25) is 0 Å². The van der Waals surface area contributed by atoms with Crippen molar-refractivity contribution in [1.29, 1.82) is 0 Å².